The molecule has 2 aromatic rings. The molecule has 0 amide bonds. The van der Waals surface area contributed by atoms with Gasteiger partial charge in [0.15, 0.2) is 0 Å². The fourth-order valence-electron chi connectivity index (χ4n) is 2.83. The van der Waals surface area contributed by atoms with Crippen LogP contribution in [0.5, 0.6) is 0 Å². The van der Waals surface area contributed by atoms with Crippen molar-refractivity contribution >= 4 is 5.95 Å². The lowest BCUT2D eigenvalue weighted by atomic mass is 10.1. The van der Waals surface area contributed by atoms with E-state index in [1.54, 1.807) is 6.20 Å². The maximum absolute atomic E-state index is 4.39. The van der Waals surface area contributed by atoms with Crippen molar-refractivity contribution in [2.45, 2.75) is 19.9 Å². The number of likely N-dealkylation sites (tertiary alicyclic amines) is 1. The van der Waals surface area contributed by atoms with Gasteiger partial charge in [-0.1, -0.05) is 30.3 Å². The summed E-state index contributed by atoms with van der Waals surface area (Å²) in [6.07, 6.45) is 3.05. The number of aryl methyl sites for hydroxylation is 1. The van der Waals surface area contributed by atoms with Crippen molar-refractivity contribution in [3.8, 4) is 0 Å². The van der Waals surface area contributed by atoms with Crippen LogP contribution in [0.3, 0.4) is 0 Å². The molecule has 1 aliphatic heterocycles. The number of hydrogen-bond acceptors (Lipinski definition) is 4. The Morgan fingerprint density at radius 2 is 2.10 bits per heavy atom. The van der Waals surface area contributed by atoms with Crippen LogP contribution >= 0.6 is 0 Å². The molecule has 1 aromatic carbocycles. The maximum Gasteiger partial charge on any atom is 0.222 e. The predicted octanol–water partition coefficient (Wildman–Crippen LogP) is 2.72. The topological polar surface area (TPSA) is 41.1 Å². The number of nitrogens with zero attached hydrogens (tertiary/aromatic N) is 3. The SMILES string of the molecule is Cc1ccnc(NCC2CCN(Cc3ccccc3)C2)n1. The smallest absolute Gasteiger partial charge is 0.222 e. The Balaban J connectivity index is 1.46. The van der Waals surface area contributed by atoms with E-state index < -0.39 is 0 Å². The summed E-state index contributed by atoms with van der Waals surface area (Å²) >= 11 is 0. The molecule has 2 heterocycles. The Morgan fingerprint density at radius 1 is 1.24 bits per heavy atom. The van der Waals surface area contributed by atoms with Gasteiger partial charge in [-0.2, -0.15) is 0 Å². The number of nitrogens with one attached hydrogen (secondary N) is 1. The first kappa shape index (κ1) is 14.0. The first-order valence-electron chi connectivity index (χ1n) is 7.59. The molecule has 0 aliphatic carbocycles. The second kappa shape index (κ2) is 6.68. The second-order valence-electron chi connectivity index (χ2n) is 5.78. The van der Waals surface area contributed by atoms with E-state index in [0.717, 1.165) is 31.3 Å². The van der Waals surface area contributed by atoms with Crippen LogP contribution in [0.1, 0.15) is 17.7 Å². The van der Waals surface area contributed by atoms with Crippen molar-refractivity contribution in [1.82, 2.24) is 14.9 Å². The van der Waals surface area contributed by atoms with Crippen molar-refractivity contribution in [2.24, 2.45) is 5.92 Å². The minimum atomic E-state index is 0.679. The van der Waals surface area contributed by atoms with E-state index in [9.17, 15) is 0 Å². The third-order valence-corrected chi connectivity index (χ3v) is 3.96. The van der Waals surface area contributed by atoms with Crippen LogP contribution in [0.2, 0.25) is 0 Å². The summed E-state index contributed by atoms with van der Waals surface area (Å²) < 4.78 is 0. The molecule has 4 heteroatoms. The summed E-state index contributed by atoms with van der Waals surface area (Å²) in [5.74, 6) is 1.43. The molecule has 3 rings (SSSR count). The van der Waals surface area contributed by atoms with Gasteiger partial charge < -0.3 is 5.32 Å². The maximum atomic E-state index is 4.39. The molecule has 1 N–H and O–H groups in total. The average Bonchev–Trinajstić information content (AvgIpc) is 2.94. The highest BCUT2D eigenvalue weighted by atomic mass is 15.2. The van der Waals surface area contributed by atoms with E-state index >= 15 is 0 Å². The molecule has 1 saturated heterocycles. The number of rotatable bonds is 5. The molecular weight excluding hydrogens is 260 g/mol. The summed E-state index contributed by atoms with van der Waals surface area (Å²) in [7, 11) is 0. The van der Waals surface area contributed by atoms with Crippen molar-refractivity contribution in [2.75, 3.05) is 25.0 Å². The normalized spacial score (nSPS) is 18.8. The highest BCUT2D eigenvalue weighted by molar-refractivity contribution is 5.24. The fourth-order valence-corrected chi connectivity index (χ4v) is 2.83. The Morgan fingerprint density at radius 3 is 2.90 bits per heavy atom. The first-order valence-corrected chi connectivity index (χ1v) is 7.59. The van der Waals surface area contributed by atoms with Crippen molar-refractivity contribution < 1.29 is 0 Å². The fraction of sp³-hybridized carbons (Fsp3) is 0.412. The van der Waals surface area contributed by atoms with Crippen molar-refractivity contribution in [3.63, 3.8) is 0 Å². The van der Waals surface area contributed by atoms with Gasteiger partial charge in [0, 0.05) is 31.5 Å². The Bertz CT molecular complexity index is 570. The third kappa shape index (κ3) is 4.02. The summed E-state index contributed by atoms with van der Waals surface area (Å²) in [4.78, 5) is 11.2. The van der Waals surface area contributed by atoms with Crippen LogP contribution in [0.15, 0.2) is 42.6 Å². The van der Waals surface area contributed by atoms with Crippen LogP contribution in [0.25, 0.3) is 0 Å². The van der Waals surface area contributed by atoms with Gasteiger partial charge in [0.25, 0.3) is 0 Å². The molecule has 0 bridgehead atoms. The molecule has 4 nitrogen and oxygen atoms in total. The van der Waals surface area contributed by atoms with E-state index in [-0.39, 0.29) is 0 Å². The van der Waals surface area contributed by atoms with Crippen molar-refractivity contribution in [3.05, 3.63) is 53.9 Å². The molecule has 1 fully saturated rings. The molecule has 0 spiro atoms. The average molecular weight is 282 g/mol. The number of benzene rings is 1. The number of anilines is 1. The monoisotopic (exact) mass is 282 g/mol. The van der Waals surface area contributed by atoms with Crippen molar-refractivity contribution in [1.29, 1.82) is 0 Å². The van der Waals surface area contributed by atoms with Crippen LogP contribution < -0.4 is 5.32 Å². The van der Waals surface area contributed by atoms with Gasteiger partial charge >= 0.3 is 0 Å². The summed E-state index contributed by atoms with van der Waals surface area (Å²) in [5, 5.41) is 3.36. The zero-order valence-corrected chi connectivity index (χ0v) is 12.5. The second-order valence-corrected chi connectivity index (χ2v) is 5.78. The molecule has 1 unspecified atom stereocenters. The zero-order chi connectivity index (χ0) is 14.5. The highest BCUT2D eigenvalue weighted by Gasteiger charge is 2.22. The van der Waals surface area contributed by atoms with Gasteiger partial charge in [-0.3, -0.25) is 4.90 Å². The van der Waals surface area contributed by atoms with Crippen LogP contribution in [-0.2, 0) is 6.54 Å². The summed E-state index contributed by atoms with van der Waals surface area (Å²) in [6, 6.07) is 12.6. The van der Waals surface area contributed by atoms with E-state index in [2.05, 4.69) is 50.5 Å². The lowest BCUT2D eigenvalue weighted by Gasteiger charge is -2.16. The van der Waals surface area contributed by atoms with Gasteiger partial charge in [-0.15, -0.1) is 0 Å². The third-order valence-electron chi connectivity index (χ3n) is 3.96. The van der Waals surface area contributed by atoms with Crippen LogP contribution in [-0.4, -0.2) is 34.5 Å². The van der Waals surface area contributed by atoms with E-state index in [4.69, 9.17) is 0 Å². The molecule has 110 valence electrons. The molecule has 0 saturated carbocycles. The number of hydrogen-bond donors (Lipinski definition) is 1. The quantitative estimate of drug-likeness (QED) is 0.915. The minimum Gasteiger partial charge on any atom is -0.354 e. The molecular formula is C17H22N4. The standard InChI is InChI=1S/C17H22N4/c1-14-7-9-18-17(20-14)19-11-16-8-10-21(13-16)12-15-5-3-2-4-6-15/h2-7,9,16H,8,10-13H2,1H3,(H,18,19,20). The molecule has 1 atom stereocenters. The summed E-state index contributed by atoms with van der Waals surface area (Å²) in [5.41, 5.74) is 2.40. The predicted molar refractivity (Wildman–Crippen MR) is 85.1 cm³/mol. The number of aromatic nitrogens is 2. The Kier molecular flexibility index (Phi) is 4.46. The van der Waals surface area contributed by atoms with E-state index in [1.807, 2.05) is 13.0 Å². The zero-order valence-electron chi connectivity index (χ0n) is 12.5. The lowest BCUT2D eigenvalue weighted by Crippen LogP contribution is -2.23. The summed E-state index contributed by atoms with van der Waals surface area (Å²) in [6.45, 7) is 6.32. The van der Waals surface area contributed by atoms with Gasteiger partial charge in [-0.25, -0.2) is 9.97 Å². The Hall–Kier alpha value is -1.94. The van der Waals surface area contributed by atoms with Gasteiger partial charge in [0.1, 0.15) is 0 Å². The van der Waals surface area contributed by atoms with Gasteiger partial charge in [0.05, 0.1) is 0 Å². The lowest BCUT2D eigenvalue weighted by molar-refractivity contribution is 0.319. The van der Waals surface area contributed by atoms with E-state index in [1.165, 1.54) is 18.5 Å². The largest absolute Gasteiger partial charge is 0.354 e. The molecule has 0 radical (unpaired) electrons. The first-order chi connectivity index (χ1) is 10.3. The molecule has 1 aliphatic rings. The molecule has 21 heavy (non-hydrogen) atoms. The minimum absolute atomic E-state index is 0.679. The highest BCUT2D eigenvalue weighted by Crippen LogP contribution is 2.18. The molecule has 1 aromatic heterocycles. The van der Waals surface area contributed by atoms with Crippen LogP contribution in [0, 0.1) is 12.8 Å². The van der Waals surface area contributed by atoms with Gasteiger partial charge in [0.2, 0.25) is 5.95 Å². The Labute approximate surface area is 126 Å². The van der Waals surface area contributed by atoms with Gasteiger partial charge in [-0.05, 0) is 37.4 Å². The van der Waals surface area contributed by atoms with E-state index in [0.29, 0.717) is 5.92 Å². The van der Waals surface area contributed by atoms with Crippen LogP contribution in [0.4, 0.5) is 5.95 Å².